The molecule has 0 saturated carbocycles. The molecule has 3 aromatic rings. The van der Waals surface area contributed by atoms with Crippen LogP contribution in [-0.2, 0) is 11.3 Å². The third-order valence-electron chi connectivity index (χ3n) is 3.98. The Balaban J connectivity index is 1.73. The summed E-state index contributed by atoms with van der Waals surface area (Å²) in [7, 11) is 0. The lowest BCUT2D eigenvalue weighted by molar-refractivity contribution is -0.113. The topological polar surface area (TPSA) is 59.8 Å². The molecule has 1 aromatic heterocycles. The smallest absolute Gasteiger partial charge is 0.234 e. The lowest BCUT2D eigenvalue weighted by atomic mass is 10.1. The molecular weight excluding hydrogens is 403 g/mol. The van der Waals surface area contributed by atoms with Crippen LogP contribution in [0.5, 0.6) is 0 Å². The molecule has 0 unspecified atom stereocenters. The number of nitrogens with one attached hydrogen (secondary N) is 1. The van der Waals surface area contributed by atoms with E-state index >= 15 is 0 Å². The molecule has 0 aliphatic heterocycles. The maximum atomic E-state index is 12.3. The highest BCUT2D eigenvalue weighted by Crippen LogP contribution is 2.30. The minimum atomic E-state index is -0.210. The number of rotatable bonds is 6. The van der Waals surface area contributed by atoms with Crippen molar-refractivity contribution in [1.82, 2.24) is 14.8 Å². The first-order valence-corrected chi connectivity index (χ1v) is 10.1. The van der Waals surface area contributed by atoms with Gasteiger partial charge in [0.05, 0.1) is 21.5 Å². The van der Waals surface area contributed by atoms with E-state index in [-0.39, 0.29) is 11.7 Å². The van der Waals surface area contributed by atoms with E-state index in [1.807, 2.05) is 42.7 Å². The predicted molar refractivity (Wildman–Crippen MR) is 112 cm³/mol. The van der Waals surface area contributed by atoms with Gasteiger partial charge in [0.15, 0.2) is 11.0 Å². The molecule has 0 bridgehead atoms. The molecule has 0 atom stereocenters. The van der Waals surface area contributed by atoms with Crippen molar-refractivity contribution >= 4 is 46.6 Å². The molecule has 1 heterocycles. The Hall–Kier alpha value is -2.02. The van der Waals surface area contributed by atoms with Gasteiger partial charge in [0.2, 0.25) is 5.91 Å². The summed E-state index contributed by atoms with van der Waals surface area (Å²) in [5.41, 5.74) is 2.58. The normalized spacial score (nSPS) is 10.8. The molecule has 1 N–H and O–H groups in total. The lowest BCUT2D eigenvalue weighted by Crippen LogP contribution is -2.15. The number of hydrogen-bond acceptors (Lipinski definition) is 4. The molecule has 0 fully saturated rings. The molecule has 1 amide bonds. The van der Waals surface area contributed by atoms with Crippen molar-refractivity contribution in [2.75, 3.05) is 11.1 Å². The first-order valence-electron chi connectivity index (χ1n) is 8.37. The van der Waals surface area contributed by atoms with Crippen molar-refractivity contribution < 1.29 is 4.79 Å². The zero-order valence-corrected chi connectivity index (χ0v) is 17.2. The molecule has 8 heteroatoms. The summed E-state index contributed by atoms with van der Waals surface area (Å²) >= 11 is 13.5. The molecule has 0 radical (unpaired) electrons. The van der Waals surface area contributed by atoms with Crippen molar-refractivity contribution in [2.45, 2.75) is 25.5 Å². The minimum absolute atomic E-state index is 0.174. The van der Waals surface area contributed by atoms with Crippen LogP contribution in [0.2, 0.25) is 10.0 Å². The first-order chi connectivity index (χ1) is 13.0. The van der Waals surface area contributed by atoms with Crippen molar-refractivity contribution in [2.24, 2.45) is 0 Å². The van der Waals surface area contributed by atoms with Gasteiger partial charge in [-0.05, 0) is 31.5 Å². The van der Waals surface area contributed by atoms with Gasteiger partial charge in [0.1, 0.15) is 0 Å². The van der Waals surface area contributed by atoms with Crippen LogP contribution in [0, 0.1) is 6.92 Å². The average molecular weight is 421 g/mol. The SMILES string of the molecule is CCn1c(SCC(=O)Nc2c(Cl)cccc2Cl)nnc1-c1ccccc1C. The van der Waals surface area contributed by atoms with Gasteiger partial charge in [-0.25, -0.2) is 0 Å². The fourth-order valence-corrected chi connectivity index (χ4v) is 3.92. The predicted octanol–water partition coefficient (Wildman–Crippen LogP) is 5.31. The standard InChI is InChI=1S/C19H18Cl2N4OS/c1-3-25-18(13-8-5-4-7-12(13)2)23-24-19(25)27-11-16(26)22-17-14(20)9-6-10-15(17)21/h4-10H,3,11H2,1-2H3,(H,22,26). The number of thioether (sulfide) groups is 1. The number of benzene rings is 2. The Kier molecular flexibility index (Phi) is 6.42. The number of amides is 1. The second kappa shape index (κ2) is 8.78. The highest BCUT2D eigenvalue weighted by Gasteiger charge is 2.16. The Morgan fingerprint density at radius 3 is 2.48 bits per heavy atom. The maximum Gasteiger partial charge on any atom is 0.234 e. The summed E-state index contributed by atoms with van der Waals surface area (Å²) in [4.78, 5) is 12.3. The fourth-order valence-electron chi connectivity index (χ4n) is 2.63. The van der Waals surface area contributed by atoms with Gasteiger partial charge in [-0.15, -0.1) is 10.2 Å². The maximum absolute atomic E-state index is 12.3. The molecule has 3 rings (SSSR count). The lowest BCUT2D eigenvalue weighted by Gasteiger charge is -2.10. The third-order valence-corrected chi connectivity index (χ3v) is 5.58. The Morgan fingerprint density at radius 2 is 1.81 bits per heavy atom. The van der Waals surface area contributed by atoms with E-state index in [1.54, 1.807) is 18.2 Å². The summed E-state index contributed by atoms with van der Waals surface area (Å²) in [6.45, 7) is 4.77. The minimum Gasteiger partial charge on any atom is -0.323 e. The van der Waals surface area contributed by atoms with Gasteiger partial charge in [-0.2, -0.15) is 0 Å². The van der Waals surface area contributed by atoms with Crippen LogP contribution < -0.4 is 5.32 Å². The van der Waals surface area contributed by atoms with Crippen LogP contribution in [0.15, 0.2) is 47.6 Å². The number of anilines is 1. The van der Waals surface area contributed by atoms with Crippen LogP contribution in [0.4, 0.5) is 5.69 Å². The Bertz CT molecular complexity index is 954. The van der Waals surface area contributed by atoms with Gasteiger partial charge in [-0.3, -0.25) is 4.79 Å². The summed E-state index contributed by atoms with van der Waals surface area (Å²) < 4.78 is 2.00. The van der Waals surface area contributed by atoms with Crippen LogP contribution in [0.3, 0.4) is 0 Å². The number of carbonyl (C=O) groups excluding carboxylic acids is 1. The molecule has 0 aliphatic rings. The largest absolute Gasteiger partial charge is 0.323 e. The van der Waals surface area contributed by atoms with E-state index in [9.17, 15) is 4.79 Å². The number of aromatic nitrogens is 3. The van der Waals surface area contributed by atoms with Gasteiger partial charge < -0.3 is 9.88 Å². The molecule has 2 aromatic carbocycles. The van der Waals surface area contributed by atoms with E-state index in [0.29, 0.717) is 27.4 Å². The monoisotopic (exact) mass is 420 g/mol. The van der Waals surface area contributed by atoms with Gasteiger partial charge >= 0.3 is 0 Å². The van der Waals surface area contributed by atoms with Crippen molar-refractivity contribution in [1.29, 1.82) is 0 Å². The Morgan fingerprint density at radius 1 is 1.11 bits per heavy atom. The molecular formula is C19H18Cl2N4OS. The second-order valence-electron chi connectivity index (χ2n) is 5.80. The van der Waals surface area contributed by atoms with Crippen LogP contribution in [0.1, 0.15) is 12.5 Å². The summed E-state index contributed by atoms with van der Waals surface area (Å²) in [6.07, 6.45) is 0. The molecule has 0 saturated heterocycles. The number of hydrogen-bond donors (Lipinski definition) is 1. The van der Waals surface area contributed by atoms with Gasteiger partial charge in [0.25, 0.3) is 0 Å². The highest BCUT2D eigenvalue weighted by molar-refractivity contribution is 7.99. The molecule has 0 aliphatic carbocycles. The number of nitrogens with zero attached hydrogens (tertiary/aromatic N) is 3. The quantitative estimate of drug-likeness (QED) is 0.548. The van der Waals surface area contributed by atoms with Crippen LogP contribution in [-0.4, -0.2) is 26.4 Å². The summed E-state index contributed by atoms with van der Waals surface area (Å²) in [5.74, 6) is 0.763. The van der Waals surface area contributed by atoms with Crippen molar-refractivity contribution in [3.63, 3.8) is 0 Å². The molecule has 0 spiro atoms. The van der Waals surface area contributed by atoms with Gasteiger partial charge in [0, 0.05) is 12.1 Å². The first kappa shape index (κ1) is 19.7. The fraction of sp³-hybridized carbons (Fsp3) is 0.211. The van der Waals surface area contributed by atoms with E-state index in [4.69, 9.17) is 23.2 Å². The van der Waals surface area contributed by atoms with Crippen molar-refractivity contribution in [3.05, 3.63) is 58.1 Å². The molecule has 140 valence electrons. The number of halogens is 2. The van der Waals surface area contributed by atoms with Gasteiger partial charge in [-0.1, -0.05) is 65.3 Å². The molecule has 27 heavy (non-hydrogen) atoms. The van der Waals surface area contributed by atoms with E-state index < -0.39 is 0 Å². The van der Waals surface area contributed by atoms with Crippen molar-refractivity contribution in [3.8, 4) is 11.4 Å². The third kappa shape index (κ3) is 4.46. The van der Waals surface area contributed by atoms with E-state index in [2.05, 4.69) is 15.5 Å². The van der Waals surface area contributed by atoms with E-state index in [0.717, 1.165) is 17.0 Å². The number of para-hydroxylation sites is 1. The zero-order valence-electron chi connectivity index (χ0n) is 14.9. The second-order valence-corrected chi connectivity index (χ2v) is 7.56. The summed E-state index contributed by atoms with van der Waals surface area (Å²) in [6, 6.07) is 13.1. The van der Waals surface area contributed by atoms with Crippen LogP contribution >= 0.6 is 35.0 Å². The van der Waals surface area contributed by atoms with Crippen LogP contribution in [0.25, 0.3) is 11.4 Å². The highest BCUT2D eigenvalue weighted by atomic mass is 35.5. The Labute approximate surface area is 172 Å². The number of carbonyl (C=O) groups is 1. The summed E-state index contributed by atoms with van der Waals surface area (Å²) in [5, 5.41) is 12.8. The van der Waals surface area contributed by atoms with E-state index in [1.165, 1.54) is 11.8 Å². The molecule has 5 nitrogen and oxygen atoms in total. The average Bonchev–Trinajstić information content (AvgIpc) is 3.06. The zero-order chi connectivity index (χ0) is 19.4. The number of aryl methyl sites for hydroxylation is 1.